The zero-order valence-corrected chi connectivity index (χ0v) is 45.8. The van der Waals surface area contributed by atoms with Crippen molar-refractivity contribution in [3.05, 3.63) is 97.2 Å². The van der Waals surface area contributed by atoms with Crippen molar-refractivity contribution in [2.24, 2.45) is 0 Å². The Kier molecular flexibility index (Phi) is 54.9. The second-order valence-electron chi connectivity index (χ2n) is 19.3. The Balaban J connectivity index is 4.44. The predicted octanol–water partition coefficient (Wildman–Crippen LogP) is 19.7. The number of ether oxygens (including phenoxy) is 3. The van der Waals surface area contributed by atoms with Gasteiger partial charge >= 0.3 is 17.9 Å². The second-order valence-corrected chi connectivity index (χ2v) is 19.3. The van der Waals surface area contributed by atoms with Crippen molar-refractivity contribution in [3.8, 4) is 0 Å². The number of unbranched alkanes of at least 4 members (excludes halogenated alkanes) is 30. The fourth-order valence-corrected chi connectivity index (χ4v) is 8.02. The molecule has 1 unspecified atom stereocenters. The molecule has 0 amide bonds. The predicted molar refractivity (Wildman–Crippen MR) is 302 cm³/mol. The molecule has 0 rings (SSSR count). The fourth-order valence-electron chi connectivity index (χ4n) is 8.02. The number of carbonyl (C=O) groups excluding carboxylic acids is 3. The summed E-state index contributed by atoms with van der Waals surface area (Å²) in [5.41, 5.74) is 0. The number of hydrogen-bond acceptors (Lipinski definition) is 6. The third-order valence-corrected chi connectivity index (χ3v) is 12.4. The number of allylic oxidation sites excluding steroid dienone is 16. The second kappa shape index (κ2) is 57.9. The van der Waals surface area contributed by atoms with E-state index in [1.165, 1.54) is 128 Å². The molecule has 0 heterocycles. The van der Waals surface area contributed by atoms with Crippen LogP contribution in [0.1, 0.15) is 271 Å². The zero-order valence-electron chi connectivity index (χ0n) is 45.8. The van der Waals surface area contributed by atoms with Crippen LogP contribution in [0.2, 0.25) is 0 Å². The summed E-state index contributed by atoms with van der Waals surface area (Å²) < 4.78 is 16.9. The van der Waals surface area contributed by atoms with E-state index >= 15 is 0 Å². The smallest absolute Gasteiger partial charge is 0.306 e. The van der Waals surface area contributed by atoms with E-state index in [4.69, 9.17) is 14.2 Å². The van der Waals surface area contributed by atoms with Crippen LogP contribution in [-0.4, -0.2) is 37.2 Å². The Morgan fingerprint density at radius 1 is 0.300 bits per heavy atom. The van der Waals surface area contributed by atoms with Crippen molar-refractivity contribution in [2.75, 3.05) is 13.2 Å². The molecule has 0 aromatic rings. The van der Waals surface area contributed by atoms with Crippen molar-refractivity contribution < 1.29 is 28.6 Å². The van der Waals surface area contributed by atoms with Gasteiger partial charge in [-0.2, -0.15) is 0 Å². The molecule has 0 fully saturated rings. The number of rotatable bonds is 52. The highest BCUT2D eigenvalue weighted by Gasteiger charge is 2.19. The maximum atomic E-state index is 12.9. The minimum Gasteiger partial charge on any atom is -0.462 e. The van der Waals surface area contributed by atoms with E-state index in [1.807, 2.05) is 18.2 Å². The molecule has 400 valence electrons. The molecule has 70 heavy (non-hydrogen) atoms. The van der Waals surface area contributed by atoms with Crippen molar-refractivity contribution in [1.82, 2.24) is 0 Å². The number of hydrogen-bond donors (Lipinski definition) is 0. The third-order valence-electron chi connectivity index (χ3n) is 12.4. The van der Waals surface area contributed by atoms with Crippen LogP contribution in [0, 0.1) is 0 Å². The normalized spacial score (nSPS) is 12.8. The van der Waals surface area contributed by atoms with E-state index in [-0.39, 0.29) is 31.1 Å². The van der Waals surface area contributed by atoms with Gasteiger partial charge in [-0.1, -0.05) is 259 Å². The van der Waals surface area contributed by atoms with Crippen LogP contribution in [0.4, 0.5) is 0 Å². The van der Waals surface area contributed by atoms with Crippen molar-refractivity contribution in [2.45, 2.75) is 277 Å². The lowest BCUT2D eigenvalue weighted by molar-refractivity contribution is -0.167. The molecule has 0 bridgehead atoms. The van der Waals surface area contributed by atoms with Crippen LogP contribution >= 0.6 is 0 Å². The molecule has 6 heteroatoms. The summed E-state index contributed by atoms with van der Waals surface area (Å²) in [6.07, 6.45) is 76.8. The molecule has 1 atom stereocenters. The number of esters is 3. The van der Waals surface area contributed by atoms with Gasteiger partial charge in [0.15, 0.2) is 6.10 Å². The Morgan fingerprint density at radius 3 is 0.914 bits per heavy atom. The first-order chi connectivity index (χ1) is 34.5. The molecule has 0 spiro atoms. The highest BCUT2D eigenvalue weighted by molar-refractivity contribution is 5.71. The summed E-state index contributed by atoms with van der Waals surface area (Å²) in [5, 5.41) is 0. The quantitative estimate of drug-likeness (QED) is 0.0262. The minimum atomic E-state index is -0.799. The van der Waals surface area contributed by atoms with Gasteiger partial charge in [0.05, 0.1) is 0 Å². The van der Waals surface area contributed by atoms with E-state index < -0.39 is 6.10 Å². The average Bonchev–Trinajstić information content (AvgIpc) is 3.36. The fraction of sp³-hybridized carbons (Fsp3) is 0.703. The molecule has 0 radical (unpaired) electrons. The summed E-state index contributed by atoms with van der Waals surface area (Å²) in [6, 6.07) is 0. The van der Waals surface area contributed by atoms with Gasteiger partial charge in [0.25, 0.3) is 0 Å². The topological polar surface area (TPSA) is 78.9 Å². The van der Waals surface area contributed by atoms with Gasteiger partial charge in [-0.25, -0.2) is 0 Å². The molecular formula is C64H108O6. The van der Waals surface area contributed by atoms with E-state index in [2.05, 4.69) is 99.8 Å². The largest absolute Gasteiger partial charge is 0.462 e. The molecule has 0 saturated heterocycles. The van der Waals surface area contributed by atoms with Crippen LogP contribution in [0.5, 0.6) is 0 Å². The van der Waals surface area contributed by atoms with Crippen molar-refractivity contribution in [3.63, 3.8) is 0 Å². The van der Waals surface area contributed by atoms with Crippen molar-refractivity contribution in [1.29, 1.82) is 0 Å². The monoisotopic (exact) mass is 973 g/mol. The first-order valence-corrected chi connectivity index (χ1v) is 29.3. The summed E-state index contributed by atoms with van der Waals surface area (Å²) in [5.74, 6) is -0.932. The van der Waals surface area contributed by atoms with Crippen LogP contribution in [0.3, 0.4) is 0 Å². The maximum Gasteiger partial charge on any atom is 0.306 e. The Labute approximate surface area is 432 Å². The molecule has 0 aromatic carbocycles. The van der Waals surface area contributed by atoms with Crippen LogP contribution in [0.15, 0.2) is 97.2 Å². The summed E-state index contributed by atoms with van der Waals surface area (Å²) in [7, 11) is 0. The zero-order chi connectivity index (χ0) is 50.7. The molecule has 6 nitrogen and oxygen atoms in total. The highest BCUT2D eigenvalue weighted by Crippen LogP contribution is 2.15. The molecule has 0 aliphatic carbocycles. The molecular weight excluding hydrogens is 865 g/mol. The van der Waals surface area contributed by atoms with Gasteiger partial charge in [0.2, 0.25) is 0 Å². The van der Waals surface area contributed by atoms with Gasteiger partial charge in [-0.15, -0.1) is 0 Å². The minimum absolute atomic E-state index is 0.0939. The SMILES string of the molecule is CC\C=C/C=C\C=C/C=C\CCCCCCCC(=O)OCC(COC(=O)CCCCCCCCCCCC/C=C\C=C/CCCCC)OC(=O)CCCCCCC/C=C\C=C/CCCCCCCCC. The van der Waals surface area contributed by atoms with Crippen molar-refractivity contribution >= 4 is 17.9 Å². The van der Waals surface area contributed by atoms with Crippen LogP contribution in [-0.2, 0) is 28.6 Å². The van der Waals surface area contributed by atoms with Crippen LogP contribution in [0.25, 0.3) is 0 Å². The maximum absolute atomic E-state index is 12.9. The Hall–Kier alpha value is -3.67. The van der Waals surface area contributed by atoms with Gasteiger partial charge in [0.1, 0.15) is 13.2 Å². The van der Waals surface area contributed by atoms with E-state index in [1.54, 1.807) is 0 Å². The lowest BCUT2D eigenvalue weighted by Gasteiger charge is -2.18. The van der Waals surface area contributed by atoms with E-state index in [0.717, 1.165) is 103 Å². The molecule has 0 saturated carbocycles. The van der Waals surface area contributed by atoms with E-state index in [0.29, 0.717) is 19.3 Å². The lowest BCUT2D eigenvalue weighted by Crippen LogP contribution is -2.30. The van der Waals surface area contributed by atoms with Crippen LogP contribution < -0.4 is 0 Å². The Bertz CT molecular complexity index is 1400. The highest BCUT2D eigenvalue weighted by atomic mass is 16.6. The summed E-state index contributed by atoms with van der Waals surface area (Å²) in [4.78, 5) is 38.2. The number of carbonyl (C=O) groups is 3. The average molecular weight is 974 g/mol. The first-order valence-electron chi connectivity index (χ1n) is 29.3. The summed E-state index contributed by atoms with van der Waals surface area (Å²) >= 11 is 0. The third kappa shape index (κ3) is 55.3. The first kappa shape index (κ1) is 66.3. The lowest BCUT2D eigenvalue weighted by atomic mass is 10.1. The molecule has 0 N–H and O–H groups in total. The molecule has 0 aliphatic rings. The Morgan fingerprint density at radius 2 is 0.557 bits per heavy atom. The standard InChI is InChI=1S/C64H108O6/c1-4-7-10-13-16-19-22-25-28-30-32-34-36-39-42-45-48-51-54-57-63(66)69-60-61(59-68-62(65)56-53-50-47-44-41-38-35-27-24-21-18-15-12-9-6-3)70-64(67)58-55-52-49-46-43-40-37-33-31-29-26-23-20-17-14-11-8-5-2/h9,12,15-16,18-19,21-22,24-25,27,29,31,33,35,37,61H,4-8,10-11,13-14,17,20,23,26,28,30,32,34,36,38-60H2,1-3H3/b12-9-,18-15-,19-16-,24-21-,25-22-,31-29-,35-27-,37-33-. The van der Waals surface area contributed by atoms with Gasteiger partial charge in [-0.3, -0.25) is 14.4 Å². The molecule has 0 aromatic heterocycles. The van der Waals surface area contributed by atoms with Gasteiger partial charge < -0.3 is 14.2 Å². The summed E-state index contributed by atoms with van der Waals surface area (Å²) in [6.45, 7) is 6.45. The van der Waals surface area contributed by atoms with Gasteiger partial charge in [-0.05, 0) is 89.9 Å². The van der Waals surface area contributed by atoms with Gasteiger partial charge in [0, 0.05) is 19.3 Å². The van der Waals surface area contributed by atoms with E-state index in [9.17, 15) is 14.4 Å². The molecule has 0 aliphatic heterocycles.